The van der Waals surface area contributed by atoms with Gasteiger partial charge in [0.25, 0.3) is 5.91 Å². The standard InChI is InChI=1S/C33H37F2N5O3.C2H6.H2/c1-21-28(32(42)37-15-22-10-25(34)12-26(35)11-22)6-5-7-30(21)43-27-8-9-36-29(13-27)24-16-38-40(20-24)19-23-17-39(18-23)31(41)14-33(2,3)4;1-2;/h5-13,20,23,38H,14-19H2,1-4H3,(H,37,42);1-2H3;1H. The molecule has 0 unspecified atom stereocenters. The number of hydrazine groups is 1. The van der Waals surface area contributed by atoms with Gasteiger partial charge in [-0.3, -0.25) is 14.6 Å². The molecule has 0 spiro atoms. The molecule has 242 valence electrons. The summed E-state index contributed by atoms with van der Waals surface area (Å²) in [4.78, 5) is 31.8. The molecule has 2 aliphatic rings. The number of carbonyl (C=O) groups excluding carboxylic acids is 2. The van der Waals surface area contributed by atoms with Crippen LogP contribution in [0.2, 0.25) is 0 Å². The molecule has 0 radical (unpaired) electrons. The van der Waals surface area contributed by atoms with Crippen LogP contribution in [0.5, 0.6) is 11.5 Å². The van der Waals surface area contributed by atoms with Crippen molar-refractivity contribution < 1.29 is 24.5 Å². The first kappa shape index (κ1) is 33.6. The van der Waals surface area contributed by atoms with E-state index in [4.69, 9.17) is 4.74 Å². The first-order valence-electron chi connectivity index (χ1n) is 15.4. The molecular formula is C35H45F2N5O3. The largest absolute Gasteiger partial charge is 0.457 e. The van der Waals surface area contributed by atoms with Gasteiger partial charge in [-0.2, -0.15) is 0 Å². The van der Waals surface area contributed by atoms with E-state index in [-0.39, 0.29) is 25.2 Å². The molecule has 0 saturated carbocycles. The summed E-state index contributed by atoms with van der Waals surface area (Å²) in [6.45, 7) is 15.0. The number of nitrogens with zero attached hydrogens (tertiary/aromatic N) is 3. The SMILES string of the molecule is CC.Cc1c(Oc2ccnc(C3=CN(CC4CN(C(=O)CC(C)(C)C)C4)NC3)c2)cccc1C(=O)NCc1cc(F)cc(F)c1.[HH]. The van der Waals surface area contributed by atoms with Gasteiger partial charge < -0.3 is 20.0 Å². The topological polar surface area (TPSA) is 86.8 Å². The van der Waals surface area contributed by atoms with Crippen LogP contribution < -0.4 is 15.5 Å². The number of carbonyl (C=O) groups is 2. The quantitative estimate of drug-likeness (QED) is 0.276. The summed E-state index contributed by atoms with van der Waals surface area (Å²) in [7, 11) is 0. The minimum atomic E-state index is -0.695. The third kappa shape index (κ3) is 9.11. The lowest BCUT2D eigenvalue weighted by atomic mass is 9.90. The van der Waals surface area contributed by atoms with Crippen molar-refractivity contribution in [3.8, 4) is 11.5 Å². The van der Waals surface area contributed by atoms with E-state index in [0.717, 1.165) is 37.0 Å². The molecule has 2 amide bonds. The van der Waals surface area contributed by atoms with Crippen LogP contribution in [-0.4, -0.2) is 52.9 Å². The fourth-order valence-corrected chi connectivity index (χ4v) is 5.21. The molecule has 10 heteroatoms. The Morgan fingerprint density at radius 1 is 1.09 bits per heavy atom. The lowest BCUT2D eigenvalue weighted by Gasteiger charge is -2.42. The van der Waals surface area contributed by atoms with Gasteiger partial charge in [-0.05, 0) is 48.2 Å². The van der Waals surface area contributed by atoms with Crippen molar-refractivity contribution in [3.05, 3.63) is 94.9 Å². The van der Waals surface area contributed by atoms with Crippen LogP contribution in [0, 0.1) is 29.9 Å². The summed E-state index contributed by atoms with van der Waals surface area (Å²) in [6.07, 6.45) is 4.29. The zero-order chi connectivity index (χ0) is 32.7. The maximum Gasteiger partial charge on any atom is 0.251 e. The molecule has 2 aromatic carbocycles. The van der Waals surface area contributed by atoms with Gasteiger partial charge in [0, 0.05) is 87.7 Å². The lowest BCUT2D eigenvalue weighted by molar-refractivity contribution is -0.139. The number of rotatable bonds is 9. The normalized spacial score (nSPS) is 14.7. The van der Waals surface area contributed by atoms with E-state index < -0.39 is 11.6 Å². The Labute approximate surface area is 265 Å². The Morgan fingerprint density at radius 2 is 1.80 bits per heavy atom. The summed E-state index contributed by atoms with van der Waals surface area (Å²) < 4.78 is 33.2. The molecule has 2 N–H and O–H groups in total. The predicted molar refractivity (Wildman–Crippen MR) is 173 cm³/mol. The first-order chi connectivity index (χ1) is 21.4. The van der Waals surface area contributed by atoms with Crippen molar-refractivity contribution in [1.82, 2.24) is 25.6 Å². The van der Waals surface area contributed by atoms with Gasteiger partial charge in [0.2, 0.25) is 5.91 Å². The van der Waals surface area contributed by atoms with E-state index in [1.807, 2.05) is 31.0 Å². The molecule has 5 rings (SSSR count). The van der Waals surface area contributed by atoms with E-state index in [1.54, 1.807) is 37.4 Å². The second kappa shape index (κ2) is 14.6. The number of aromatic nitrogens is 1. The first-order valence-corrected chi connectivity index (χ1v) is 15.4. The van der Waals surface area contributed by atoms with Crippen LogP contribution >= 0.6 is 0 Å². The molecule has 1 saturated heterocycles. The molecule has 45 heavy (non-hydrogen) atoms. The number of hydrogen-bond donors (Lipinski definition) is 2. The monoisotopic (exact) mass is 621 g/mol. The van der Waals surface area contributed by atoms with Crippen LogP contribution in [0.15, 0.2) is 60.9 Å². The highest BCUT2D eigenvalue weighted by Crippen LogP contribution is 2.30. The number of pyridine rings is 1. The average molecular weight is 622 g/mol. The number of halogens is 2. The van der Waals surface area contributed by atoms with Crippen LogP contribution in [0.3, 0.4) is 0 Å². The second-order valence-corrected chi connectivity index (χ2v) is 12.4. The summed E-state index contributed by atoms with van der Waals surface area (Å²) >= 11 is 0. The maximum absolute atomic E-state index is 13.5. The minimum absolute atomic E-state index is 0. The van der Waals surface area contributed by atoms with Crippen molar-refractivity contribution in [2.45, 2.75) is 54.5 Å². The van der Waals surface area contributed by atoms with Crippen molar-refractivity contribution in [2.24, 2.45) is 11.3 Å². The van der Waals surface area contributed by atoms with Gasteiger partial charge in [-0.1, -0.05) is 40.7 Å². The molecule has 2 aliphatic heterocycles. The Morgan fingerprint density at radius 3 is 2.49 bits per heavy atom. The number of hydrogen-bond acceptors (Lipinski definition) is 6. The number of benzene rings is 2. The molecule has 3 heterocycles. The zero-order valence-electron chi connectivity index (χ0n) is 26.9. The third-order valence-electron chi connectivity index (χ3n) is 7.42. The molecule has 1 fully saturated rings. The van der Waals surface area contributed by atoms with Gasteiger partial charge >= 0.3 is 0 Å². The van der Waals surface area contributed by atoms with Gasteiger partial charge in [-0.25, -0.2) is 14.2 Å². The second-order valence-electron chi connectivity index (χ2n) is 12.4. The highest BCUT2D eigenvalue weighted by molar-refractivity contribution is 5.96. The van der Waals surface area contributed by atoms with Crippen LogP contribution in [-0.2, 0) is 11.3 Å². The maximum atomic E-state index is 13.5. The number of nitrogens with one attached hydrogen (secondary N) is 2. The Kier molecular flexibility index (Phi) is 10.9. The van der Waals surface area contributed by atoms with Crippen LogP contribution in [0.1, 0.15) is 69.6 Å². The molecule has 1 aromatic heterocycles. The van der Waals surface area contributed by atoms with Crippen molar-refractivity contribution in [3.63, 3.8) is 0 Å². The summed E-state index contributed by atoms with van der Waals surface area (Å²) in [6, 6.07) is 11.9. The van der Waals surface area contributed by atoms with E-state index in [0.29, 0.717) is 47.1 Å². The fraction of sp³-hybridized carbons (Fsp3) is 0.400. The molecule has 0 aliphatic carbocycles. The van der Waals surface area contributed by atoms with E-state index >= 15 is 0 Å². The summed E-state index contributed by atoms with van der Waals surface area (Å²) in [5.74, 6) is -0.0461. The van der Waals surface area contributed by atoms with Crippen molar-refractivity contribution in [2.75, 3.05) is 26.2 Å². The van der Waals surface area contributed by atoms with Gasteiger partial charge in [0.15, 0.2) is 0 Å². The molecule has 8 nitrogen and oxygen atoms in total. The Hall–Kier alpha value is -4.31. The molecule has 0 bridgehead atoms. The number of likely N-dealkylation sites (tertiary alicyclic amines) is 1. The van der Waals surface area contributed by atoms with E-state index in [2.05, 4.69) is 41.5 Å². The highest BCUT2D eigenvalue weighted by atomic mass is 19.1. The van der Waals surface area contributed by atoms with Crippen molar-refractivity contribution >= 4 is 17.4 Å². The zero-order valence-corrected chi connectivity index (χ0v) is 26.9. The molecule has 3 aromatic rings. The minimum Gasteiger partial charge on any atom is -0.457 e. The summed E-state index contributed by atoms with van der Waals surface area (Å²) in [5.41, 5.74) is 6.53. The van der Waals surface area contributed by atoms with Gasteiger partial charge in [0.05, 0.1) is 5.69 Å². The Bertz CT molecular complexity index is 1530. The smallest absolute Gasteiger partial charge is 0.251 e. The number of amides is 2. The molecular weight excluding hydrogens is 576 g/mol. The van der Waals surface area contributed by atoms with Crippen LogP contribution in [0.4, 0.5) is 8.78 Å². The average Bonchev–Trinajstić information content (AvgIpc) is 3.43. The predicted octanol–water partition coefficient (Wildman–Crippen LogP) is 6.72. The molecule has 0 atom stereocenters. The van der Waals surface area contributed by atoms with E-state index in [9.17, 15) is 18.4 Å². The van der Waals surface area contributed by atoms with Gasteiger partial charge in [0.1, 0.15) is 23.1 Å². The van der Waals surface area contributed by atoms with Crippen LogP contribution in [0.25, 0.3) is 5.57 Å². The fourth-order valence-electron chi connectivity index (χ4n) is 5.21. The lowest BCUT2D eigenvalue weighted by Crippen LogP contribution is -2.54. The summed E-state index contributed by atoms with van der Waals surface area (Å²) in [5, 5.41) is 4.77. The Balaban J connectivity index is 0.00000188. The van der Waals surface area contributed by atoms with E-state index in [1.165, 1.54) is 12.1 Å². The van der Waals surface area contributed by atoms with Crippen molar-refractivity contribution in [1.29, 1.82) is 0 Å². The number of ether oxygens (including phenoxy) is 1. The highest BCUT2D eigenvalue weighted by Gasteiger charge is 2.33. The van der Waals surface area contributed by atoms with Gasteiger partial charge in [-0.15, -0.1) is 0 Å². The third-order valence-corrected chi connectivity index (χ3v) is 7.42.